The van der Waals surface area contributed by atoms with E-state index in [1.54, 1.807) is 0 Å². The van der Waals surface area contributed by atoms with Gasteiger partial charge in [0.25, 0.3) is 0 Å². The van der Waals surface area contributed by atoms with Gasteiger partial charge in [-0.1, -0.05) is 27.5 Å². The zero-order valence-corrected chi connectivity index (χ0v) is 16.2. The van der Waals surface area contributed by atoms with E-state index in [1.807, 2.05) is 19.1 Å². The summed E-state index contributed by atoms with van der Waals surface area (Å²) in [5, 5.41) is 8.83. The average Bonchev–Trinajstić information content (AvgIpc) is 3.03. The van der Waals surface area contributed by atoms with Gasteiger partial charge in [-0.05, 0) is 31.2 Å². The molecule has 130 valence electrons. The lowest BCUT2D eigenvalue weighted by Gasteiger charge is -2.35. The minimum atomic E-state index is 0.679. The quantitative estimate of drug-likeness (QED) is 0.702. The van der Waals surface area contributed by atoms with Crippen molar-refractivity contribution in [2.75, 3.05) is 31.1 Å². The van der Waals surface area contributed by atoms with Crippen LogP contribution in [0.5, 0.6) is 0 Å². The van der Waals surface area contributed by atoms with E-state index in [9.17, 15) is 0 Å². The van der Waals surface area contributed by atoms with Crippen LogP contribution in [0, 0.1) is 6.92 Å². The zero-order valence-electron chi connectivity index (χ0n) is 13.8. The van der Waals surface area contributed by atoms with E-state index in [1.165, 1.54) is 0 Å². The van der Waals surface area contributed by atoms with Crippen molar-refractivity contribution in [2.45, 2.75) is 13.5 Å². The molecule has 1 fully saturated rings. The molecule has 0 radical (unpaired) electrons. The van der Waals surface area contributed by atoms with Gasteiger partial charge in [-0.15, -0.1) is 0 Å². The fraction of sp³-hybridized carbons (Fsp3) is 0.353. The summed E-state index contributed by atoms with van der Waals surface area (Å²) in [6.07, 6.45) is 0. The Balaban J connectivity index is 1.47. The highest BCUT2D eigenvalue weighted by Crippen LogP contribution is 2.30. The van der Waals surface area contributed by atoms with Crippen molar-refractivity contribution in [1.29, 1.82) is 0 Å². The molecule has 0 unspecified atom stereocenters. The van der Waals surface area contributed by atoms with Crippen molar-refractivity contribution >= 4 is 44.3 Å². The van der Waals surface area contributed by atoms with E-state index in [4.69, 9.17) is 16.6 Å². The highest BCUT2D eigenvalue weighted by atomic mass is 79.9. The summed E-state index contributed by atoms with van der Waals surface area (Å²) in [6, 6.07) is 7.98. The van der Waals surface area contributed by atoms with Gasteiger partial charge in [0.1, 0.15) is 11.6 Å². The molecule has 0 aliphatic carbocycles. The molecule has 3 aromatic rings. The fourth-order valence-corrected chi connectivity index (χ4v) is 3.77. The Morgan fingerprint density at radius 2 is 1.92 bits per heavy atom. The SMILES string of the molecule is Cc1nc(CN2CCN(c3ccc4c(Br)ccc(Cl)c4n3)CC2)n[nH]1. The summed E-state index contributed by atoms with van der Waals surface area (Å²) in [7, 11) is 0. The van der Waals surface area contributed by atoms with Crippen LogP contribution in [0.4, 0.5) is 5.82 Å². The first-order valence-electron chi connectivity index (χ1n) is 8.20. The van der Waals surface area contributed by atoms with Crippen LogP contribution in [0.3, 0.4) is 0 Å². The molecule has 0 bridgehead atoms. The molecule has 1 aliphatic rings. The van der Waals surface area contributed by atoms with E-state index < -0.39 is 0 Å². The van der Waals surface area contributed by atoms with Crippen molar-refractivity contribution in [3.05, 3.63) is 45.4 Å². The predicted octanol–water partition coefficient (Wildman–Crippen LogP) is 3.40. The molecule has 2 aromatic heterocycles. The summed E-state index contributed by atoms with van der Waals surface area (Å²) in [6.45, 7) is 6.46. The molecule has 4 rings (SSSR count). The third-order valence-corrected chi connectivity index (χ3v) is 5.44. The lowest BCUT2D eigenvalue weighted by molar-refractivity contribution is 0.244. The van der Waals surface area contributed by atoms with Crippen LogP contribution in [0.2, 0.25) is 5.02 Å². The summed E-state index contributed by atoms with van der Waals surface area (Å²) >= 11 is 9.89. The summed E-state index contributed by atoms with van der Waals surface area (Å²) < 4.78 is 1.01. The summed E-state index contributed by atoms with van der Waals surface area (Å²) in [5.41, 5.74) is 0.840. The van der Waals surface area contributed by atoms with E-state index in [0.29, 0.717) is 5.02 Å². The number of pyridine rings is 1. The Hall–Kier alpha value is -1.70. The normalized spacial score (nSPS) is 15.9. The molecule has 6 nitrogen and oxygen atoms in total. The minimum absolute atomic E-state index is 0.679. The molecule has 0 saturated carbocycles. The molecule has 0 spiro atoms. The lowest BCUT2D eigenvalue weighted by Crippen LogP contribution is -2.46. The number of nitrogens with one attached hydrogen (secondary N) is 1. The number of hydrogen-bond donors (Lipinski definition) is 1. The van der Waals surface area contributed by atoms with Crippen LogP contribution < -0.4 is 4.90 Å². The van der Waals surface area contributed by atoms with Crippen LogP contribution in [0.1, 0.15) is 11.6 Å². The monoisotopic (exact) mass is 420 g/mol. The second-order valence-corrected chi connectivity index (χ2v) is 7.46. The Morgan fingerprint density at radius 3 is 2.64 bits per heavy atom. The van der Waals surface area contributed by atoms with E-state index in [0.717, 1.165) is 65.6 Å². The van der Waals surface area contributed by atoms with Crippen LogP contribution in [-0.2, 0) is 6.54 Å². The molecule has 1 aromatic carbocycles. The van der Waals surface area contributed by atoms with Gasteiger partial charge in [-0.3, -0.25) is 10.00 Å². The number of aromatic nitrogens is 4. The molecule has 1 aliphatic heterocycles. The maximum absolute atomic E-state index is 6.33. The van der Waals surface area contributed by atoms with Crippen molar-refractivity contribution in [2.24, 2.45) is 0 Å². The molecular formula is C17H18BrClN6. The van der Waals surface area contributed by atoms with Crippen LogP contribution >= 0.6 is 27.5 Å². The minimum Gasteiger partial charge on any atom is -0.354 e. The van der Waals surface area contributed by atoms with Gasteiger partial charge in [-0.25, -0.2) is 9.97 Å². The van der Waals surface area contributed by atoms with Crippen LogP contribution in [0.15, 0.2) is 28.7 Å². The number of aryl methyl sites for hydroxylation is 1. The number of fused-ring (bicyclic) bond motifs is 1. The Bertz CT molecular complexity index is 903. The van der Waals surface area contributed by atoms with E-state index in [-0.39, 0.29) is 0 Å². The largest absolute Gasteiger partial charge is 0.354 e. The molecule has 0 atom stereocenters. The third-order valence-electron chi connectivity index (χ3n) is 4.44. The number of piperazine rings is 1. The second-order valence-electron chi connectivity index (χ2n) is 6.20. The third kappa shape index (κ3) is 3.49. The van der Waals surface area contributed by atoms with Crippen molar-refractivity contribution < 1.29 is 0 Å². The first kappa shape index (κ1) is 16.8. The average molecular weight is 422 g/mol. The first-order valence-corrected chi connectivity index (χ1v) is 9.37. The molecule has 1 saturated heterocycles. The second kappa shape index (κ2) is 6.90. The molecule has 1 N–H and O–H groups in total. The molecule has 8 heteroatoms. The number of nitrogens with zero attached hydrogens (tertiary/aromatic N) is 5. The molecule has 25 heavy (non-hydrogen) atoms. The predicted molar refractivity (Wildman–Crippen MR) is 103 cm³/mol. The van der Waals surface area contributed by atoms with Gasteiger partial charge < -0.3 is 4.90 Å². The number of halogens is 2. The Labute approximate surface area is 159 Å². The molecular weight excluding hydrogens is 404 g/mol. The van der Waals surface area contributed by atoms with Crippen LogP contribution in [0.25, 0.3) is 10.9 Å². The number of aromatic amines is 1. The molecule has 3 heterocycles. The van der Waals surface area contributed by atoms with Gasteiger partial charge in [0.05, 0.1) is 17.1 Å². The van der Waals surface area contributed by atoms with Crippen LogP contribution in [-0.4, -0.2) is 51.2 Å². The maximum Gasteiger partial charge on any atom is 0.164 e. The summed E-state index contributed by atoms with van der Waals surface area (Å²) in [4.78, 5) is 13.8. The summed E-state index contributed by atoms with van der Waals surface area (Å²) in [5.74, 6) is 2.68. The Morgan fingerprint density at radius 1 is 1.12 bits per heavy atom. The van der Waals surface area contributed by atoms with Crippen molar-refractivity contribution in [1.82, 2.24) is 25.1 Å². The fourth-order valence-electron chi connectivity index (χ4n) is 3.11. The smallest absolute Gasteiger partial charge is 0.164 e. The van der Waals surface area contributed by atoms with Crippen molar-refractivity contribution in [3.8, 4) is 0 Å². The van der Waals surface area contributed by atoms with Gasteiger partial charge in [-0.2, -0.15) is 5.10 Å². The molecule has 0 amide bonds. The highest BCUT2D eigenvalue weighted by Gasteiger charge is 2.20. The number of H-pyrrole nitrogens is 1. The van der Waals surface area contributed by atoms with Crippen molar-refractivity contribution in [3.63, 3.8) is 0 Å². The topological polar surface area (TPSA) is 60.9 Å². The highest BCUT2D eigenvalue weighted by molar-refractivity contribution is 9.10. The van der Waals surface area contributed by atoms with Gasteiger partial charge in [0.15, 0.2) is 5.82 Å². The lowest BCUT2D eigenvalue weighted by atomic mass is 10.2. The number of benzene rings is 1. The maximum atomic E-state index is 6.33. The zero-order chi connectivity index (χ0) is 17.4. The van der Waals surface area contributed by atoms with E-state index >= 15 is 0 Å². The number of anilines is 1. The van der Waals surface area contributed by atoms with Gasteiger partial charge in [0, 0.05) is 36.0 Å². The Kier molecular flexibility index (Phi) is 4.62. The van der Waals surface area contributed by atoms with Gasteiger partial charge >= 0.3 is 0 Å². The number of hydrogen-bond acceptors (Lipinski definition) is 5. The van der Waals surface area contributed by atoms with E-state index in [2.05, 4.69) is 53.0 Å². The van der Waals surface area contributed by atoms with Gasteiger partial charge in [0.2, 0.25) is 0 Å². The first-order chi connectivity index (χ1) is 12.1. The standard InChI is InChI=1S/C17H18BrClN6/c1-11-20-15(23-22-11)10-24-6-8-25(9-7-24)16-5-2-12-13(18)3-4-14(19)17(12)21-16/h2-5H,6-10H2,1H3,(H,20,22,23). The number of rotatable bonds is 3.